The van der Waals surface area contributed by atoms with Gasteiger partial charge in [0, 0.05) is 24.4 Å². The van der Waals surface area contributed by atoms with Gasteiger partial charge in [0.15, 0.2) is 0 Å². The zero-order valence-corrected chi connectivity index (χ0v) is 13.2. The second-order valence-corrected chi connectivity index (χ2v) is 6.08. The minimum absolute atomic E-state index is 0.175. The molecule has 0 saturated carbocycles. The van der Waals surface area contributed by atoms with E-state index < -0.39 is 0 Å². The summed E-state index contributed by atoms with van der Waals surface area (Å²) >= 11 is 7.56. The molecule has 0 fully saturated rings. The molecule has 2 aromatic heterocycles. The van der Waals surface area contributed by atoms with Crippen LogP contribution in [0.5, 0.6) is 0 Å². The number of thiazole rings is 1. The van der Waals surface area contributed by atoms with Gasteiger partial charge in [0.1, 0.15) is 6.61 Å². The molecule has 4 nitrogen and oxygen atoms in total. The highest BCUT2D eigenvalue weighted by Crippen LogP contribution is 2.20. The Balaban J connectivity index is 1.52. The Hall–Kier alpha value is -1.98. The molecule has 3 aromatic rings. The molecule has 0 aliphatic rings. The normalized spacial score (nSPS) is 10.8. The Morgan fingerprint density at radius 2 is 2.23 bits per heavy atom. The Morgan fingerprint density at radius 3 is 3.09 bits per heavy atom. The van der Waals surface area contributed by atoms with Crippen LogP contribution in [0.2, 0.25) is 5.02 Å². The Morgan fingerprint density at radius 1 is 1.32 bits per heavy atom. The molecule has 1 aromatic carbocycles. The summed E-state index contributed by atoms with van der Waals surface area (Å²) in [6.45, 7) is 0.175. The first-order valence-electron chi connectivity index (χ1n) is 6.78. The van der Waals surface area contributed by atoms with E-state index in [1.54, 1.807) is 23.6 Å². The van der Waals surface area contributed by atoms with E-state index in [0.717, 1.165) is 21.3 Å². The molecule has 0 atom stereocenters. The zero-order chi connectivity index (χ0) is 15.4. The van der Waals surface area contributed by atoms with E-state index in [0.29, 0.717) is 17.9 Å². The number of hydrogen-bond acceptors (Lipinski definition) is 5. The highest BCUT2D eigenvalue weighted by atomic mass is 35.5. The van der Waals surface area contributed by atoms with Gasteiger partial charge in [0.25, 0.3) is 0 Å². The molecule has 22 heavy (non-hydrogen) atoms. The second-order valence-electron chi connectivity index (χ2n) is 4.78. The van der Waals surface area contributed by atoms with Crippen LogP contribution in [0.4, 0.5) is 0 Å². The molecule has 0 aliphatic carbocycles. The van der Waals surface area contributed by atoms with Crippen molar-refractivity contribution in [1.82, 2.24) is 9.97 Å². The van der Waals surface area contributed by atoms with Gasteiger partial charge >= 0.3 is 5.97 Å². The maximum atomic E-state index is 11.8. The van der Waals surface area contributed by atoms with Crippen LogP contribution < -0.4 is 0 Å². The van der Waals surface area contributed by atoms with Crippen LogP contribution in [0.15, 0.2) is 42.2 Å². The van der Waals surface area contributed by atoms with Crippen molar-refractivity contribution in [3.63, 3.8) is 0 Å². The van der Waals surface area contributed by atoms with Gasteiger partial charge in [-0.05, 0) is 30.2 Å². The van der Waals surface area contributed by atoms with Gasteiger partial charge in [-0.15, -0.1) is 11.3 Å². The molecule has 0 spiro atoms. The van der Waals surface area contributed by atoms with E-state index in [9.17, 15) is 4.79 Å². The van der Waals surface area contributed by atoms with Crippen molar-refractivity contribution < 1.29 is 9.53 Å². The summed E-state index contributed by atoms with van der Waals surface area (Å²) in [5.41, 5.74) is 4.68. The fourth-order valence-corrected chi connectivity index (χ4v) is 2.97. The van der Waals surface area contributed by atoms with Gasteiger partial charge in [0.05, 0.1) is 20.7 Å². The molecule has 0 saturated heterocycles. The Kier molecular flexibility index (Phi) is 4.65. The second kappa shape index (κ2) is 6.85. The number of aryl methyl sites for hydroxylation is 1. The minimum Gasteiger partial charge on any atom is -0.461 e. The molecule has 0 amide bonds. The Labute approximate surface area is 136 Å². The fraction of sp³-hybridized carbons (Fsp3) is 0.188. The quantitative estimate of drug-likeness (QED) is 0.662. The predicted molar refractivity (Wildman–Crippen MR) is 87.0 cm³/mol. The highest BCUT2D eigenvalue weighted by molar-refractivity contribution is 7.16. The smallest absolute Gasteiger partial charge is 0.306 e. The van der Waals surface area contributed by atoms with Gasteiger partial charge in [-0.2, -0.15) is 0 Å². The third kappa shape index (κ3) is 3.61. The van der Waals surface area contributed by atoms with Crippen LogP contribution in [0.25, 0.3) is 10.2 Å². The first kappa shape index (κ1) is 14.9. The van der Waals surface area contributed by atoms with Crippen molar-refractivity contribution in [2.24, 2.45) is 0 Å². The van der Waals surface area contributed by atoms with E-state index in [1.165, 1.54) is 6.20 Å². The summed E-state index contributed by atoms with van der Waals surface area (Å²) in [5, 5.41) is 0.506. The number of ether oxygens (including phenoxy) is 1. The van der Waals surface area contributed by atoms with Crippen LogP contribution in [0.3, 0.4) is 0 Å². The fourth-order valence-electron chi connectivity index (χ4n) is 2.05. The largest absolute Gasteiger partial charge is 0.461 e. The third-order valence-electron chi connectivity index (χ3n) is 3.26. The van der Waals surface area contributed by atoms with Crippen LogP contribution >= 0.6 is 22.9 Å². The van der Waals surface area contributed by atoms with Crippen LogP contribution in [-0.2, 0) is 22.6 Å². The van der Waals surface area contributed by atoms with E-state index in [2.05, 4.69) is 16.0 Å². The summed E-state index contributed by atoms with van der Waals surface area (Å²) < 4.78 is 6.38. The summed E-state index contributed by atoms with van der Waals surface area (Å²) in [6, 6.07) is 7.78. The van der Waals surface area contributed by atoms with Crippen LogP contribution in [0, 0.1) is 0 Å². The topological polar surface area (TPSA) is 52.1 Å². The number of nitrogens with zero attached hydrogens (tertiary/aromatic N) is 2. The van der Waals surface area contributed by atoms with E-state index in [-0.39, 0.29) is 12.6 Å². The van der Waals surface area contributed by atoms with Crippen molar-refractivity contribution in [2.75, 3.05) is 0 Å². The molecular formula is C16H13ClN2O2S. The molecule has 112 valence electrons. The number of carbonyl (C=O) groups is 1. The number of benzene rings is 1. The number of pyridine rings is 1. The highest BCUT2D eigenvalue weighted by Gasteiger charge is 2.07. The minimum atomic E-state index is -0.239. The molecular weight excluding hydrogens is 320 g/mol. The van der Waals surface area contributed by atoms with Gasteiger partial charge in [-0.1, -0.05) is 17.7 Å². The number of esters is 1. The van der Waals surface area contributed by atoms with Crippen LogP contribution in [0.1, 0.15) is 17.5 Å². The number of hydrogen-bond donors (Lipinski definition) is 0. The summed E-state index contributed by atoms with van der Waals surface area (Å²) in [5.74, 6) is -0.239. The van der Waals surface area contributed by atoms with Gasteiger partial charge in [-0.3, -0.25) is 9.78 Å². The van der Waals surface area contributed by atoms with Crippen molar-refractivity contribution in [3.05, 3.63) is 58.3 Å². The molecule has 0 unspecified atom stereocenters. The average molecular weight is 333 g/mol. The van der Waals surface area contributed by atoms with Crippen molar-refractivity contribution in [3.8, 4) is 0 Å². The third-order valence-corrected chi connectivity index (χ3v) is 4.39. The number of halogens is 1. The van der Waals surface area contributed by atoms with Crippen molar-refractivity contribution in [1.29, 1.82) is 0 Å². The zero-order valence-electron chi connectivity index (χ0n) is 11.7. The van der Waals surface area contributed by atoms with Crippen molar-refractivity contribution in [2.45, 2.75) is 19.4 Å². The predicted octanol–water partition coefficient (Wildman–Crippen LogP) is 4.02. The maximum Gasteiger partial charge on any atom is 0.306 e. The lowest BCUT2D eigenvalue weighted by atomic mass is 10.1. The molecule has 6 heteroatoms. The van der Waals surface area contributed by atoms with E-state index >= 15 is 0 Å². The SMILES string of the molecule is O=C(CCc1ccc2ncsc2c1)OCc1ccncc1Cl. The summed E-state index contributed by atoms with van der Waals surface area (Å²) in [6.07, 6.45) is 4.15. The number of fused-ring (bicyclic) bond motifs is 1. The van der Waals surface area contributed by atoms with E-state index in [4.69, 9.17) is 16.3 Å². The lowest BCUT2D eigenvalue weighted by Crippen LogP contribution is -2.06. The van der Waals surface area contributed by atoms with Gasteiger partial charge in [-0.25, -0.2) is 4.98 Å². The Bertz CT molecular complexity index is 803. The molecule has 2 heterocycles. The number of carbonyl (C=O) groups excluding carboxylic acids is 1. The lowest BCUT2D eigenvalue weighted by molar-refractivity contribution is -0.144. The average Bonchev–Trinajstić information content (AvgIpc) is 2.99. The number of aromatic nitrogens is 2. The standard InChI is InChI=1S/C16H13ClN2O2S/c17-13-8-18-6-5-12(13)9-21-16(20)4-2-11-1-3-14-15(7-11)22-10-19-14/h1,3,5-8,10H,2,4,9H2. The van der Waals surface area contributed by atoms with Crippen LogP contribution in [-0.4, -0.2) is 15.9 Å². The maximum absolute atomic E-state index is 11.8. The summed E-state index contributed by atoms with van der Waals surface area (Å²) in [4.78, 5) is 20.0. The molecule has 0 radical (unpaired) electrons. The lowest BCUT2D eigenvalue weighted by Gasteiger charge is -2.06. The van der Waals surface area contributed by atoms with Gasteiger partial charge in [0.2, 0.25) is 0 Å². The first-order chi connectivity index (χ1) is 10.7. The van der Waals surface area contributed by atoms with E-state index in [1.807, 2.05) is 17.6 Å². The molecule has 0 bridgehead atoms. The van der Waals surface area contributed by atoms with Gasteiger partial charge < -0.3 is 4.74 Å². The molecule has 0 aliphatic heterocycles. The summed E-state index contributed by atoms with van der Waals surface area (Å²) in [7, 11) is 0. The van der Waals surface area contributed by atoms with Crippen molar-refractivity contribution >= 4 is 39.1 Å². The molecule has 3 rings (SSSR count). The monoisotopic (exact) mass is 332 g/mol. The molecule has 0 N–H and O–H groups in total. The first-order valence-corrected chi connectivity index (χ1v) is 8.04. The number of rotatable bonds is 5.